The lowest BCUT2D eigenvalue weighted by Crippen LogP contribution is -2.52. The fourth-order valence-corrected chi connectivity index (χ4v) is 5.56. The van der Waals surface area contributed by atoms with Crippen LogP contribution < -0.4 is 10.6 Å². The Morgan fingerprint density at radius 3 is 2.22 bits per heavy atom. The number of amides is 3. The molecule has 3 rings (SSSR count). The Bertz CT molecular complexity index is 955. The molecule has 1 saturated heterocycles. The van der Waals surface area contributed by atoms with Crippen LogP contribution in [0.4, 0.5) is 16.3 Å². The Hall–Kier alpha value is -2.64. The van der Waals surface area contributed by atoms with Crippen molar-refractivity contribution in [2.45, 2.75) is 105 Å². The van der Waals surface area contributed by atoms with E-state index in [1.807, 2.05) is 4.90 Å². The molecule has 8 nitrogen and oxygen atoms in total. The average molecular weight is 501 g/mol. The van der Waals surface area contributed by atoms with Gasteiger partial charge in [0.05, 0.1) is 11.9 Å². The van der Waals surface area contributed by atoms with Crippen molar-refractivity contribution in [3.05, 3.63) is 17.8 Å². The first-order valence-corrected chi connectivity index (χ1v) is 13.3. The molecular formula is C28H44N4O4. The molecule has 0 bridgehead atoms. The first kappa shape index (κ1) is 27.9. The second-order valence-corrected chi connectivity index (χ2v) is 12.5. The summed E-state index contributed by atoms with van der Waals surface area (Å²) >= 11 is 0. The molecule has 0 aromatic carbocycles. The topological polar surface area (TPSA) is 101 Å². The van der Waals surface area contributed by atoms with Gasteiger partial charge in [0, 0.05) is 12.6 Å². The Kier molecular flexibility index (Phi) is 8.67. The lowest BCUT2D eigenvalue weighted by Gasteiger charge is -2.44. The molecule has 8 heteroatoms. The monoisotopic (exact) mass is 500 g/mol. The van der Waals surface area contributed by atoms with E-state index in [2.05, 4.69) is 36.4 Å². The van der Waals surface area contributed by atoms with Gasteiger partial charge in [-0.3, -0.25) is 14.9 Å². The quantitative estimate of drug-likeness (QED) is 0.503. The molecule has 36 heavy (non-hydrogen) atoms. The Balaban J connectivity index is 1.61. The number of nitrogens with zero attached hydrogens (tertiary/aromatic N) is 2. The lowest BCUT2D eigenvalue weighted by molar-refractivity contribution is -0.147. The number of rotatable bonds is 3. The molecule has 2 N–H and O–H groups in total. The zero-order valence-corrected chi connectivity index (χ0v) is 23.1. The number of nitrogens with one attached hydrogen (secondary N) is 2. The highest BCUT2D eigenvalue weighted by Gasteiger charge is 2.39. The van der Waals surface area contributed by atoms with Gasteiger partial charge in [0.15, 0.2) is 0 Å². The minimum atomic E-state index is -0.640. The van der Waals surface area contributed by atoms with Gasteiger partial charge in [-0.05, 0) is 102 Å². The maximum Gasteiger partial charge on any atom is 0.413 e. The number of pyridine rings is 1. The number of anilines is 2. The maximum atomic E-state index is 13.2. The molecule has 200 valence electrons. The molecule has 0 radical (unpaired) electrons. The largest absolute Gasteiger partial charge is 0.444 e. The number of carbonyl (C=O) groups is 3. The number of hydrogen-bond donors (Lipinski definition) is 2. The molecule has 1 aliphatic carbocycles. The van der Waals surface area contributed by atoms with Crippen LogP contribution in [0.2, 0.25) is 0 Å². The third kappa shape index (κ3) is 7.43. The van der Waals surface area contributed by atoms with E-state index >= 15 is 0 Å². The van der Waals surface area contributed by atoms with Crippen LogP contribution in [0.1, 0.15) is 92.1 Å². The number of carbonyl (C=O) groups excluding carboxylic acids is 3. The van der Waals surface area contributed by atoms with Gasteiger partial charge in [-0.25, -0.2) is 9.78 Å². The average Bonchev–Trinajstić information content (AvgIpc) is 2.78. The van der Waals surface area contributed by atoms with Crippen molar-refractivity contribution < 1.29 is 19.1 Å². The van der Waals surface area contributed by atoms with Crippen LogP contribution in [-0.4, -0.2) is 46.0 Å². The summed E-state index contributed by atoms with van der Waals surface area (Å²) in [5, 5.41) is 5.33. The van der Waals surface area contributed by atoms with Crippen LogP contribution in [-0.2, 0) is 14.3 Å². The third-order valence-corrected chi connectivity index (χ3v) is 7.50. The molecule has 2 aliphatic rings. The van der Waals surface area contributed by atoms with Crippen LogP contribution >= 0.6 is 0 Å². The first-order chi connectivity index (χ1) is 16.7. The predicted molar refractivity (Wildman–Crippen MR) is 142 cm³/mol. The van der Waals surface area contributed by atoms with Crippen LogP contribution in [0.5, 0.6) is 0 Å². The van der Waals surface area contributed by atoms with E-state index in [0.29, 0.717) is 40.9 Å². The van der Waals surface area contributed by atoms with Gasteiger partial charge >= 0.3 is 17.9 Å². The smallest absolute Gasteiger partial charge is 0.413 e. The van der Waals surface area contributed by atoms with Gasteiger partial charge in [0.2, 0.25) is 0 Å². The van der Waals surface area contributed by atoms with Crippen molar-refractivity contribution in [3.8, 4) is 0 Å². The van der Waals surface area contributed by atoms with Crippen LogP contribution in [0.25, 0.3) is 0 Å². The van der Waals surface area contributed by atoms with Crippen molar-refractivity contribution in [1.82, 2.24) is 9.88 Å². The van der Waals surface area contributed by atoms with E-state index in [0.717, 1.165) is 32.1 Å². The van der Waals surface area contributed by atoms with Crippen LogP contribution in [0, 0.1) is 24.2 Å². The number of aryl methyl sites for hydroxylation is 1. The zero-order chi connectivity index (χ0) is 26.7. The minimum absolute atomic E-state index is 0.137. The molecule has 0 spiro atoms. The van der Waals surface area contributed by atoms with Gasteiger partial charge in [-0.15, -0.1) is 0 Å². The molecule has 1 aromatic heterocycles. The summed E-state index contributed by atoms with van der Waals surface area (Å²) in [4.78, 5) is 44.3. The normalized spacial score (nSPS) is 23.1. The van der Waals surface area contributed by atoms with Crippen molar-refractivity contribution in [3.63, 3.8) is 0 Å². The second-order valence-electron chi connectivity index (χ2n) is 12.5. The van der Waals surface area contributed by atoms with E-state index in [9.17, 15) is 14.4 Å². The van der Waals surface area contributed by atoms with Gasteiger partial charge < -0.3 is 15.0 Å². The molecule has 1 aliphatic heterocycles. The maximum absolute atomic E-state index is 13.2. The zero-order valence-electron chi connectivity index (χ0n) is 23.1. The fraction of sp³-hybridized carbons (Fsp3) is 0.714. The third-order valence-electron chi connectivity index (χ3n) is 7.50. The number of piperidine rings is 1. The lowest BCUT2D eigenvalue weighted by atomic mass is 9.67. The predicted octanol–water partition coefficient (Wildman–Crippen LogP) is 5.91. The molecule has 1 atom stereocenters. The summed E-state index contributed by atoms with van der Waals surface area (Å²) in [5.41, 5.74) is 0.763. The summed E-state index contributed by atoms with van der Waals surface area (Å²) in [5.74, 6) is 0.414. The van der Waals surface area contributed by atoms with E-state index in [1.165, 1.54) is 19.0 Å². The van der Waals surface area contributed by atoms with E-state index in [4.69, 9.17) is 4.74 Å². The summed E-state index contributed by atoms with van der Waals surface area (Å²) in [6.07, 6.45) is 8.45. The molecule has 2 fully saturated rings. The highest BCUT2D eigenvalue weighted by molar-refractivity contribution is 6.39. The molecular weight excluding hydrogens is 456 g/mol. The van der Waals surface area contributed by atoms with Gasteiger partial charge in [0.1, 0.15) is 11.4 Å². The van der Waals surface area contributed by atoms with E-state index < -0.39 is 23.5 Å². The molecule has 3 amide bonds. The molecule has 1 aromatic rings. The van der Waals surface area contributed by atoms with Crippen molar-refractivity contribution in [2.75, 3.05) is 17.2 Å². The summed E-state index contributed by atoms with van der Waals surface area (Å²) < 4.78 is 5.26. The summed E-state index contributed by atoms with van der Waals surface area (Å²) in [7, 11) is 0. The molecule has 2 heterocycles. The van der Waals surface area contributed by atoms with E-state index in [1.54, 1.807) is 33.8 Å². The van der Waals surface area contributed by atoms with Crippen LogP contribution in [0.15, 0.2) is 12.3 Å². The first-order valence-electron chi connectivity index (χ1n) is 13.3. The number of hydrogen-bond acceptors (Lipinski definition) is 5. The number of ether oxygens (including phenoxy) is 1. The summed E-state index contributed by atoms with van der Waals surface area (Å²) in [6, 6.07) is 1.82. The van der Waals surface area contributed by atoms with Gasteiger partial charge in [0.25, 0.3) is 0 Å². The number of likely N-dealkylation sites (tertiary alicyclic amines) is 1. The van der Waals surface area contributed by atoms with Gasteiger partial charge in [-0.2, -0.15) is 0 Å². The van der Waals surface area contributed by atoms with Crippen LogP contribution in [0.3, 0.4) is 0 Å². The molecule has 1 saturated carbocycles. The number of aromatic nitrogens is 1. The minimum Gasteiger partial charge on any atom is -0.444 e. The highest BCUT2D eigenvalue weighted by Crippen LogP contribution is 2.42. The SMILES string of the molecule is Cc1cc(NC(=O)C(=O)N2CCCC[C@H]2C2CCC(C(C)(C)C)CC2)cnc1NC(=O)OC(C)(C)C. The second kappa shape index (κ2) is 11.2. The van der Waals surface area contributed by atoms with Crippen molar-refractivity contribution in [1.29, 1.82) is 0 Å². The molecule has 0 unspecified atom stereocenters. The van der Waals surface area contributed by atoms with E-state index in [-0.39, 0.29) is 6.04 Å². The summed E-state index contributed by atoms with van der Waals surface area (Å²) in [6.45, 7) is 14.7. The van der Waals surface area contributed by atoms with Crippen molar-refractivity contribution in [2.24, 2.45) is 17.3 Å². The highest BCUT2D eigenvalue weighted by atomic mass is 16.6. The fourth-order valence-electron chi connectivity index (χ4n) is 5.56. The Morgan fingerprint density at radius 1 is 0.972 bits per heavy atom. The Labute approximate surface area is 215 Å². The standard InChI is InChI=1S/C28H44N4O4/c1-18-16-21(17-29-23(18)31-26(35)36-28(5,6)7)30-24(33)25(34)32-15-9-8-10-22(32)19-11-13-20(14-12-19)27(2,3)4/h16-17,19-20,22H,8-15H2,1-7H3,(H,30,33)(H,29,31,35)/t19?,20?,22-/m0/s1. The van der Waals surface area contributed by atoms with Crippen molar-refractivity contribution >= 4 is 29.4 Å². The van der Waals surface area contributed by atoms with Gasteiger partial charge in [-0.1, -0.05) is 20.8 Å². The Morgan fingerprint density at radius 2 is 1.64 bits per heavy atom.